The lowest BCUT2D eigenvalue weighted by atomic mass is 10.6. The second-order valence-corrected chi connectivity index (χ2v) is 4.25. The second kappa shape index (κ2) is 4.09. The van der Waals surface area contributed by atoms with Gasteiger partial charge in [-0.25, -0.2) is 4.98 Å². The number of hydrogen-bond acceptors (Lipinski definition) is 7. The molecular formula is C7H11N5O2S. The van der Waals surface area contributed by atoms with Gasteiger partial charge in [-0.3, -0.25) is 20.3 Å². The normalized spacial score (nSPS) is 21.8. The lowest BCUT2D eigenvalue weighted by molar-refractivity contribution is -0.380. The summed E-state index contributed by atoms with van der Waals surface area (Å²) in [6, 6.07) is 0. The maximum absolute atomic E-state index is 10.4. The first-order valence-electron chi connectivity index (χ1n) is 4.47. The zero-order chi connectivity index (χ0) is 10.8. The fraction of sp³-hybridized carbons (Fsp3) is 0.571. The van der Waals surface area contributed by atoms with E-state index in [1.54, 1.807) is 0 Å². The van der Waals surface area contributed by atoms with Crippen molar-refractivity contribution >= 4 is 21.5 Å². The van der Waals surface area contributed by atoms with Crippen LogP contribution in [-0.4, -0.2) is 41.2 Å². The number of nitrogens with one attached hydrogen (secondary N) is 2. The van der Waals surface area contributed by atoms with Crippen molar-refractivity contribution in [3.8, 4) is 0 Å². The molecule has 0 spiro atoms. The van der Waals surface area contributed by atoms with Gasteiger partial charge in [0.05, 0.1) is 4.92 Å². The predicted molar refractivity (Wildman–Crippen MR) is 56.8 cm³/mol. The van der Waals surface area contributed by atoms with E-state index >= 15 is 0 Å². The van der Waals surface area contributed by atoms with Crippen LogP contribution in [0.15, 0.2) is 6.20 Å². The van der Waals surface area contributed by atoms with E-state index in [0.717, 1.165) is 24.4 Å². The molecule has 0 radical (unpaired) electrons. The van der Waals surface area contributed by atoms with Crippen LogP contribution in [0.4, 0.5) is 10.1 Å². The molecule has 1 aromatic heterocycles. The Kier molecular flexibility index (Phi) is 2.80. The van der Waals surface area contributed by atoms with E-state index < -0.39 is 4.92 Å². The van der Waals surface area contributed by atoms with E-state index in [9.17, 15) is 10.1 Å². The molecule has 1 saturated heterocycles. The number of likely N-dealkylation sites (N-methyl/N-ethyl adjacent to an activating group) is 1. The third-order valence-corrected chi connectivity index (χ3v) is 3.06. The summed E-state index contributed by atoms with van der Waals surface area (Å²) in [5.41, 5.74) is 0. The molecule has 2 rings (SSSR count). The topological polar surface area (TPSA) is 83.3 Å². The molecule has 1 fully saturated rings. The third-order valence-electron chi connectivity index (χ3n) is 2.18. The van der Waals surface area contributed by atoms with Crippen LogP contribution in [0.2, 0.25) is 0 Å². The quantitative estimate of drug-likeness (QED) is 0.572. The standard InChI is InChI=1S/C7H11N5O2S/c1-11-3-2-8-6(11)10-7-9-4-5(15-7)12(13)14/h4,6,8H,2-3H2,1H3,(H,9,10). The van der Waals surface area contributed by atoms with Crippen LogP contribution in [0.1, 0.15) is 0 Å². The van der Waals surface area contributed by atoms with Crippen molar-refractivity contribution in [1.29, 1.82) is 0 Å². The lowest BCUT2D eigenvalue weighted by Crippen LogP contribution is -2.39. The summed E-state index contributed by atoms with van der Waals surface area (Å²) < 4.78 is 0. The predicted octanol–water partition coefficient (Wildman–Crippen LogP) is 0.282. The number of thiazole rings is 1. The van der Waals surface area contributed by atoms with Gasteiger partial charge in [-0.2, -0.15) is 0 Å². The molecule has 82 valence electrons. The molecule has 1 aliphatic heterocycles. The van der Waals surface area contributed by atoms with Crippen molar-refractivity contribution in [2.24, 2.45) is 0 Å². The minimum absolute atomic E-state index is 0.00996. The summed E-state index contributed by atoms with van der Waals surface area (Å²) in [6.07, 6.45) is 1.28. The number of hydrogen-bond donors (Lipinski definition) is 2. The Morgan fingerprint density at radius 3 is 3.20 bits per heavy atom. The minimum Gasteiger partial charge on any atom is -0.333 e. The van der Waals surface area contributed by atoms with Gasteiger partial charge in [0, 0.05) is 13.1 Å². The number of aromatic nitrogens is 1. The summed E-state index contributed by atoms with van der Waals surface area (Å²) in [5.74, 6) is 0. The highest BCUT2D eigenvalue weighted by atomic mass is 32.1. The smallest absolute Gasteiger partial charge is 0.333 e. The molecule has 1 atom stereocenters. The first-order chi connectivity index (χ1) is 7.16. The van der Waals surface area contributed by atoms with Crippen LogP contribution < -0.4 is 10.6 Å². The van der Waals surface area contributed by atoms with Crippen molar-refractivity contribution in [2.75, 3.05) is 25.5 Å². The highest BCUT2D eigenvalue weighted by molar-refractivity contribution is 7.18. The summed E-state index contributed by atoms with van der Waals surface area (Å²) in [6.45, 7) is 1.85. The highest BCUT2D eigenvalue weighted by Crippen LogP contribution is 2.25. The highest BCUT2D eigenvalue weighted by Gasteiger charge is 2.21. The molecule has 2 heterocycles. The average Bonchev–Trinajstić information content (AvgIpc) is 2.77. The van der Waals surface area contributed by atoms with Gasteiger partial charge in [0.15, 0.2) is 5.13 Å². The Hall–Kier alpha value is -1.25. The molecule has 0 aliphatic carbocycles. The van der Waals surface area contributed by atoms with Crippen LogP contribution in [0.25, 0.3) is 0 Å². The Balaban J connectivity index is 2.01. The van der Waals surface area contributed by atoms with Crippen LogP contribution in [-0.2, 0) is 0 Å². The van der Waals surface area contributed by atoms with Crippen molar-refractivity contribution in [3.63, 3.8) is 0 Å². The Morgan fingerprint density at radius 2 is 2.67 bits per heavy atom. The molecule has 8 heteroatoms. The summed E-state index contributed by atoms with van der Waals surface area (Å²) in [4.78, 5) is 16.0. The van der Waals surface area contributed by atoms with Gasteiger partial charge < -0.3 is 5.32 Å². The van der Waals surface area contributed by atoms with Crippen LogP contribution in [0, 0.1) is 10.1 Å². The largest absolute Gasteiger partial charge is 0.345 e. The van der Waals surface area contributed by atoms with Gasteiger partial charge in [-0.1, -0.05) is 0 Å². The first-order valence-corrected chi connectivity index (χ1v) is 5.29. The average molecular weight is 229 g/mol. The minimum atomic E-state index is -0.436. The van der Waals surface area contributed by atoms with E-state index in [0.29, 0.717) is 5.13 Å². The van der Waals surface area contributed by atoms with E-state index in [2.05, 4.69) is 20.5 Å². The maximum atomic E-state index is 10.4. The molecule has 0 bridgehead atoms. The van der Waals surface area contributed by atoms with Gasteiger partial charge in [0.2, 0.25) is 0 Å². The van der Waals surface area contributed by atoms with Crippen LogP contribution in [0.5, 0.6) is 0 Å². The monoisotopic (exact) mass is 229 g/mol. The van der Waals surface area contributed by atoms with Crippen molar-refractivity contribution < 1.29 is 4.92 Å². The van der Waals surface area contributed by atoms with Gasteiger partial charge in [-0.15, -0.1) is 0 Å². The third kappa shape index (κ3) is 2.22. The molecule has 15 heavy (non-hydrogen) atoms. The van der Waals surface area contributed by atoms with Gasteiger partial charge >= 0.3 is 5.00 Å². The maximum Gasteiger partial charge on any atom is 0.345 e. The second-order valence-electron chi connectivity index (χ2n) is 3.24. The summed E-state index contributed by atoms with van der Waals surface area (Å²) in [5, 5.41) is 17.3. The Labute approximate surface area is 90.3 Å². The van der Waals surface area contributed by atoms with Crippen LogP contribution in [0.3, 0.4) is 0 Å². The molecular weight excluding hydrogens is 218 g/mol. The van der Waals surface area contributed by atoms with Gasteiger partial charge in [0.25, 0.3) is 0 Å². The molecule has 1 aliphatic rings. The molecule has 0 amide bonds. The number of rotatable bonds is 3. The molecule has 1 unspecified atom stereocenters. The fourth-order valence-electron chi connectivity index (χ4n) is 1.36. The summed E-state index contributed by atoms with van der Waals surface area (Å²) in [7, 11) is 1.97. The number of anilines is 1. The zero-order valence-electron chi connectivity index (χ0n) is 8.14. The Bertz CT molecular complexity index is 368. The van der Waals surface area contributed by atoms with Crippen molar-refractivity contribution in [1.82, 2.24) is 15.2 Å². The Morgan fingerprint density at radius 1 is 1.87 bits per heavy atom. The van der Waals surface area contributed by atoms with E-state index in [1.807, 2.05) is 7.05 Å². The van der Waals surface area contributed by atoms with Gasteiger partial charge in [0.1, 0.15) is 12.5 Å². The molecule has 1 aromatic rings. The van der Waals surface area contributed by atoms with Crippen molar-refractivity contribution in [3.05, 3.63) is 16.3 Å². The first kappa shape index (κ1) is 10.3. The SMILES string of the molecule is CN1CCNC1Nc1ncc([N+](=O)[O-])s1. The number of nitrogens with zero attached hydrogens (tertiary/aromatic N) is 3. The van der Waals surface area contributed by atoms with Gasteiger partial charge in [-0.05, 0) is 18.4 Å². The van der Waals surface area contributed by atoms with E-state index in [-0.39, 0.29) is 11.3 Å². The molecule has 2 N–H and O–H groups in total. The fourth-order valence-corrected chi connectivity index (χ4v) is 2.01. The molecule has 0 aromatic carbocycles. The summed E-state index contributed by atoms with van der Waals surface area (Å²) >= 11 is 1.04. The van der Waals surface area contributed by atoms with Crippen molar-refractivity contribution in [2.45, 2.75) is 6.29 Å². The number of nitro groups is 1. The lowest BCUT2D eigenvalue weighted by Gasteiger charge is -2.19. The molecule has 0 saturated carbocycles. The van der Waals surface area contributed by atoms with Crippen LogP contribution >= 0.6 is 11.3 Å². The van der Waals surface area contributed by atoms with E-state index in [1.165, 1.54) is 6.20 Å². The zero-order valence-corrected chi connectivity index (χ0v) is 8.95. The molecule has 7 nitrogen and oxygen atoms in total. The van der Waals surface area contributed by atoms with E-state index in [4.69, 9.17) is 0 Å².